The van der Waals surface area contributed by atoms with E-state index in [0.717, 1.165) is 57.8 Å². The van der Waals surface area contributed by atoms with Gasteiger partial charge < -0.3 is 24.0 Å². The van der Waals surface area contributed by atoms with Crippen LogP contribution in [0.4, 0.5) is 0 Å². The van der Waals surface area contributed by atoms with Crippen LogP contribution in [0.2, 0.25) is 0 Å². The molecule has 57 heavy (non-hydrogen) atoms. The van der Waals surface area contributed by atoms with Gasteiger partial charge in [0, 0.05) is 12.8 Å². The summed E-state index contributed by atoms with van der Waals surface area (Å²) in [5.74, 6) is -0.885. The Bertz CT molecular complexity index is 1130. The molecule has 0 aliphatic heterocycles. The summed E-state index contributed by atoms with van der Waals surface area (Å²) in [6.07, 6.45) is 40.7. The Kier molecular flexibility index (Phi) is 36.8. The minimum atomic E-state index is -4.40. The van der Waals surface area contributed by atoms with Crippen LogP contribution in [0, 0.1) is 0 Å². The number of carbonyl (C=O) groups is 2. The fourth-order valence-electron chi connectivity index (χ4n) is 5.85. The van der Waals surface area contributed by atoms with Crippen molar-refractivity contribution in [2.45, 2.75) is 187 Å². The Morgan fingerprint density at radius 1 is 0.614 bits per heavy atom. The van der Waals surface area contributed by atoms with Crippen molar-refractivity contribution in [1.29, 1.82) is 0 Å². The molecule has 1 unspecified atom stereocenters. The van der Waals surface area contributed by atoms with Crippen LogP contribution in [-0.2, 0) is 32.7 Å². The molecule has 0 amide bonds. The molecule has 0 saturated heterocycles. The fraction of sp³-hybridized carbons (Fsp3) is 0.783. The summed E-state index contributed by atoms with van der Waals surface area (Å²) in [6, 6.07) is 0. The number of hydrogen-bond acceptors (Lipinski definition) is 8. The lowest BCUT2D eigenvalue weighted by Crippen LogP contribution is -2.37. The van der Waals surface area contributed by atoms with Gasteiger partial charge in [0.2, 0.25) is 0 Å². The van der Waals surface area contributed by atoms with E-state index in [9.17, 15) is 24.2 Å². The second-order valence-corrected chi connectivity index (χ2v) is 17.7. The molecule has 0 aromatic carbocycles. The fourth-order valence-corrected chi connectivity index (χ4v) is 6.59. The highest BCUT2D eigenvalue weighted by atomic mass is 31.2. The summed E-state index contributed by atoms with van der Waals surface area (Å²) in [6.45, 7) is 4.19. The molecule has 0 rings (SSSR count). The van der Waals surface area contributed by atoms with Crippen molar-refractivity contribution in [2.24, 2.45) is 0 Å². The first-order valence-electron chi connectivity index (χ1n) is 22.5. The molecular formula is C46H85NO9P+. The number of esters is 2. The van der Waals surface area contributed by atoms with E-state index in [2.05, 4.69) is 44.2 Å². The predicted octanol–water partition coefficient (Wildman–Crippen LogP) is 11.7. The first kappa shape index (κ1) is 54.9. The molecule has 0 aliphatic rings. The van der Waals surface area contributed by atoms with Gasteiger partial charge in [-0.25, -0.2) is 4.57 Å². The van der Waals surface area contributed by atoms with Crippen LogP contribution in [0.3, 0.4) is 0 Å². The molecule has 0 radical (unpaired) electrons. The molecule has 332 valence electrons. The second kappa shape index (κ2) is 38.2. The van der Waals surface area contributed by atoms with Crippen molar-refractivity contribution in [3.8, 4) is 0 Å². The van der Waals surface area contributed by atoms with E-state index in [1.807, 2.05) is 39.4 Å². The molecule has 11 heteroatoms. The van der Waals surface area contributed by atoms with Crippen molar-refractivity contribution in [3.63, 3.8) is 0 Å². The van der Waals surface area contributed by atoms with Gasteiger partial charge in [0.1, 0.15) is 19.8 Å². The van der Waals surface area contributed by atoms with Crippen molar-refractivity contribution in [3.05, 3.63) is 48.6 Å². The third-order valence-electron chi connectivity index (χ3n) is 9.43. The quantitative estimate of drug-likeness (QED) is 0.0204. The van der Waals surface area contributed by atoms with Crippen molar-refractivity contribution in [2.75, 3.05) is 47.5 Å². The van der Waals surface area contributed by atoms with Crippen LogP contribution in [-0.4, -0.2) is 86.1 Å². The van der Waals surface area contributed by atoms with E-state index in [1.54, 1.807) is 0 Å². The molecule has 0 aromatic heterocycles. The average Bonchev–Trinajstić information content (AvgIpc) is 3.16. The number of rotatable bonds is 40. The molecule has 0 aromatic rings. The van der Waals surface area contributed by atoms with Gasteiger partial charge in [-0.05, 0) is 44.9 Å². The Balaban J connectivity index is 4.47. The third kappa shape index (κ3) is 41.9. The van der Waals surface area contributed by atoms with Gasteiger partial charge in [-0.2, -0.15) is 0 Å². The number of nitrogens with zero attached hydrogens (tertiary/aromatic N) is 1. The Morgan fingerprint density at radius 2 is 1.11 bits per heavy atom. The highest BCUT2D eigenvalue weighted by Crippen LogP contribution is 2.43. The number of hydrogen-bond donors (Lipinski definition) is 2. The van der Waals surface area contributed by atoms with Gasteiger partial charge >= 0.3 is 19.8 Å². The van der Waals surface area contributed by atoms with Crippen molar-refractivity contribution in [1.82, 2.24) is 0 Å². The summed E-state index contributed by atoms with van der Waals surface area (Å²) in [5.41, 5.74) is 0. The number of allylic oxidation sites excluding steroid dienone is 7. The standard InChI is InChI=1S/C46H84NO9P/c1-6-8-10-11-12-13-14-15-16-17-21-24-27-30-33-37-45(49)53-41-44(42-55-57(51,52)54-40-39-47(3,4)5)56-46(50)38-34-31-28-25-22-19-18-20-23-26-29-32-36-43(48)35-9-7-2/h18-19,23,25-26,28,32,36,43-44,48H,6-17,20-22,24,27,29-31,33-35,37-42H2,1-5H3/p+1/b19-18-,26-23-,28-25-,36-32-/t43-,44-/m1/s1. The number of aliphatic hydroxyl groups is 1. The van der Waals surface area contributed by atoms with Crippen LogP contribution in [0.1, 0.15) is 174 Å². The van der Waals surface area contributed by atoms with E-state index in [1.165, 1.54) is 77.0 Å². The number of phosphoric ester groups is 1. The number of aliphatic hydroxyl groups excluding tert-OH is 1. The summed E-state index contributed by atoms with van der Waals surface area (Å²) in [7, 11) is 1.42. The summed E-state index contributed by atoms with van der Waals surface area (Å²) in [5, 5.41) is 9.83. The van der Waals surface area contributed by atoms with E-state index in [0.29, 0.717) is 23.9 Å². The van der Waals surface area contributed by atoms with E-state index in [4.69, 9.17) is 18.5 Å². The monoisotopic (exact) mass is 827 g/mol. The maximum absolute atomic E-state index is 12.7. The molecule has 0 spiro atoms. The van der Waals surface area contributed by atoms with E-state index >= 15 is 0 Å². The molecule has 0 bridgehead atoms. The highest BCUT2D eigenvalue weighted by Gasteiger charge is 2.27. The number of quaternary nitrogens is 1. The Morgan fingerprint density at radius 3 is 1.65 bits per heavy atom. The van der Waals surface area contributed by atoms with E-state index in [-0.39, 0.29) is 32.2 Å². The SMILES string of the molecule is CCCCCCCCCCCCCCCCCC(=O)OC[C@H](COP(=O)(O)OCC[N+](C)(C)C)OC(=O)CCC/C=C\C/C=C\C/C=C\C/C=C\[C@H](O)CCCC. The van der Waals surface area contributed by atoms with Gasteiger partial charge in [0.05, 0.1) is 33.9 Å². The average molecular weight is 827 g/mol. The van der Waals surface area contributed by atoms with Gasteiger partial charge in [-0.1, -0.05) is 165 Å². The number of ether oxygens (including phenoxy) is 2. The second-order valence-electron chi connectivity index (χ2n) is 16.3. The Labute approximate surface area is 348 Å². The molecule has 0 aliphatic carbocycles. The van der Waals surface area contributed by atoms with Gasteiger partial charge in [0.15, 0.2) is 6.10 Å². The van der Waals surface area contributed by atoms with Crippen LogP contribution < -0.4 is 0 Å². The summed E-state index contributed by atoms with van der Waals surface area (Å²) in [4.78, 5) is 35.3. The minimum Gasteiger partial charge on any atom is -0.462 e. The summed E-state index contributed by atoms with van der Waals surface area (Å²) >= 11 is 0. The smallest absolute Gasteiger partial charge is 0.462 e. The van der Waals surface area contributed by atoms with Crippen LogP contribution in [0.15, 0.2) is 48.6 Å². The molecule has 10 nitrogen and oxygen atoms in total. The van der Waals surface area contributed by atoms with Gasteiger partial charge in [0.25, 0.3) is 0 Å². The number of carbonyl (C=O) groups excluding carboxylic acids is 2. The number of likely N-dealkylation sites (N-methyl/N-ethyl adjacent to an activating group) is 1. The maximum Gasteiger partial charge on any atom is 0.472 e. The van der Waals surface area contributed by atoms with Gasteiger partial charge in [-0.15, -0.1) is 0 Å². The highest BCUT2D eigenvalue weighted by molar-refractivity contribution is 7.47. The number of phosphoric acid groups is 1. The molecule has 0 heterocycles. The van der Waals surface area contributed by atoms with E-state index < -0.39 is 32.5 Å². The molecule has 0 saturated carbocycles. The first-order chi connectivity index (χ1) is 27.4. The minimum absolute atomic E-state index is 0.0138. The molecular weight excluding hydrogens is 741 g/mol. The van der Waals surface area contributed by atoms with Crippen LogP contribution >= 0.6 is 7.82 Å². The zero-order valence-electron chi connectivity index (χ0n) is 36.9. The molecule has 3 atom stereocenters. The van der Waals surface area contributed by atoms with Crippen molar-refractivity contribution >= 4 is 19.8 Å². The number of unbranched alkanes of at least 4 members (excludes halogenated alkanes) is 16. The zero-order chi connectivity index (χ0) is 42.3. The lowest BCUT2D eigenvalue weighted by molar-refractivity contribution is -0.870. The van der Waals surface area contributed by atoms with Gasteiger partial charge in [-0.3, -0.25) is 18.6 Å². The molecule has 2 N–H and O–H groups in total. The van der Waals surface area contributed by atoms with Crippen molar-refractivity contribution < 1.29 is 47.2 Å². The lowest BCUT2D eigenvalue weighted by atomic mass is 10.0. The normalized spacial score (nSPS) is 14.6. The first-order valence-corrected chi connectivity index (χ1v) is 23.9. The molecule has 0 fully saturated rings. The Hall–Kier alpha value is -2.07. The lowest BCUT2D eigenvalue weighted by Gasteiger charge is -2.24. The predicted molar refractivity (Wildman–Crippen MR) is 235 cm³/mol. The zero-order valence-corrected chi connectivity index (χ0v) is 37.8. The topological polar surface area (TPSA) is 129 Å². The van der Waals surface area contributed by atoms with Crippen LogP contribution in [0.25, 0.3) is 0 Å². The summed E-state index contributed by atoms with van der Waals surface area (Å²) < 4.78 is 34.2. The maximum atomic E-state index is 12.7. The largest absolute Gasteiger partial charge is 0.472 e. The van der Waals surface area contributed by atoms with Crippen LogP contribution in [0.5, 0.6) is 0 Å². The third-order valence-corrected chi connectivity index (χ3v) is 10.4.